The number of carboxylic acids is 1. The molecular weight excluding hydrogens is 342 g/mol. The molecule has 1 rings (SSSR count). The molecule has 8 nitrogen and oxygen atoms in total. The van der Waals surface area contributed by atoms with Crippen molar-refractivity contribution in [1.29, 1.82) is 0 Å². The number of methoxy groups -OCH3 is 3. The molecule has 1 aromatic carbocycles. The van der Waals surface area contributed by atoms with Gasteiger partial charge in [0.15, 0.2) is 17.3 Å². The summed E-state index contributed by atoms with van der Waals surface area (Å²) in [5.74, 6) is -1.58. The number of hydrogen-bond donors (Lipinski definition) is 2. The van der Waals surface area contributed by atoms with Gasteiger partial charge in [0.2, 0.25) is 5.91 Å². The number of rotatable bonds is 10. The van der Waals surface area contributed by atoms with Crippen molar-refractivity contribution in [3.8, 4) is 11.5 Å². The Morgan fingerprint density at radius 3 is 2.15 bits per heavy atom. The number of amides is 1. The number of ether oxygens (including phenoxy) is 3. The molecule has 0 saturated carbocycles. The van der Waals surface area contributed by atoms with Crippen molar-refractivity contribution in [2.24, 2.45) is 5.92 Å². The third-order valence-corrected chi connectivity index (χ3v) is 3.88. The predicted molar refractivity (Wildman–Crippen MR) is 93.7 cm³/mol. The van der Waals surface area contributed by atoms with E-state index in [0.29, 0.717) is 17.1 Å². The standard InChI is InChI=1S/C18H25NO7/c1-10(2)16(18(22)23)19-17(21)15(26-5)9-12(20)11-6-7-13(24-3)14(8-11)25-4/h6-8,10,15-16H,9H2,1-5H3,(H,19,21)(H,22,23). The number of aliphatic carboxylic acids is 1. The van der Waals surface area contributed by atoms with Gasteiger partial charge in [-0.15, -0.1) is 0 Å². The third-order valence-electron chi connectivity index (χ3n) is 3.88. The van der Waals surface area contributed by atoms with E-state index >= 15 is 0 Å². The third kappa shape index (κ3) is 5.45. The summed E-state index contributed by atoms with van der Waals surface area (Å²) in [4.78, 5) is 36.0. The number of benzene rings is 1. The van der Waals surface area contributed by atoms with Crippen LogP contribution in [0.5, 0.6) is 11.5 Å². The zero-order valence-corrected chi connectivity index (χ0v) is 15.6. The Bertz CT molecular complexity index is 657. The average Bonchev–Trinajstić information content (AvgIpc) is 2.62. The molecule has 144 valence electrons. The van der Waals surface area contributed by atoms with Gasteiger partial charge in [0.25, 0.3) is 0 Å². The van der Waals surface area contributed by atoms with Crippen molar-refractivity contribution in [3.63, 3.8) is 0 Å². The minimum atomic E-state index is -1.14. The molecule has 0 bridgehead atoms. The zero-order chi connectivity index (χ0) is 19.9. The molecule has 0 heterocycles. The fourth-order valence-corrected chi connectivity index (χ4v) is 2.34. The van der Waals surface area contributed by atoms with E-state index in [-0.39, 0.29) is 18.1 Å². The summed E-state index contributed by atoms with van der Waals surface area (Å²) in [6.07, 6.45) is -1.33. The summed E-state index contributed by atoms with van der Waals surface area (Å²) >= 11 is 0. The Kier molecular flexibility index (Phi) is 8.05. The van der Waals surface area contributed by atoms with Crippen LogP contribution in [0.1, 0.15) is 30.6 Å². The fourth-order valence-electron chi connectivity index (χ4n) is 2.34. The first kappa shape index (κ1) is 21.4. The number of carbonyl (C=O) groups is 3. The smallest absolute Gasteiger partial charge is 0.326 e. The maximum absolute atomic E-state index is 12.5. The molecule has 0 aliphatic heterocycles. The first-order valence-electron chi connectivity index (χ1n) is 8.06. The highest BCUT2D eigenvalue weighted by Crippen LogP contribution is 2.28. The van der Waals surface area contributed by atoms with Crippen LogP contribution in [0.25, 0.3) is 0 Å². The van der Waals surface area contributed by atoms with Gasteiger partial charge in [-0.05, 0) is 24.1 Å². The van der Waals surface area contributed by atoms with E-state index in [1.54, 1.807) is 26.0 Å². The molecule has 0 aromatic heterocycles. The maximum Gasteiger partial charge on any atom is 0.326 e. The van der Waals surface area contributed by atoms with Gasteiger partial charge in [-0.1, -0.05) is 13.8 Å². The Morgan fingerprint density at radius 1 is 1.08 bits per heavy atom. The predicted octanol–water partition coefficient (Wildman–Crippen LogP) is 1.52. The molecule has 1 amide bonds. The molecule has 0 fully saturated rings. The van der Waals surface area contributed by atoms with E-state index in [2.05, 4.69) is 5.32 Å². The highest BCUT2D eigenvalue weighted by atomic mass is 16.5. The number of carbonyl (C=O) groups excluding carboxylic acids is 2. The largest absolute Gasteiger partial charge is 0.493 e. The van der Waals surface area contributed by atoms with E-state index in [9.17, 15) is 14.4 Å². The normalized spacial score (nSPS) is 13.0. The van der Waals surface area contributed by atoms with Crippen LogP contribution in [-0.4, -0.2) is 56.2 Å². The molecule has 2 unspecified atom stereocenters. The number of Topliss-reactive ketones (excluding diaryl/α,β-unsaturated/α-hetero) is 1. The Labute approximate surface area is 152 Å². The van der Waals surface area contributed by atoms with Crippen LogP contribution in [0.4, 0.5) is 0 Å². The monoisotopic (exact) mass is 367 g/mol. The summed E-state index contributed by atoms with van der Waals surface area (Å²) in [5, 5.41) is 11.6. The van der Waals surface area contributed by atoms with Gasteiger partial charge in [-0.2, -0.15) is 0 Å². The zero-order valence-electron chi connectivity index (χ0n) is 15.6. The van der Waals surface area contributed by atoms with E-state index in [4.69, 9.17) is 19.3 Å². The quantitative estimate of drug-likeness (QED) is 0.603. The van der Waals surface area contributed by atoms with Gasteiger partial charge >= 0.3 is 5.97 Å². The second-order valence-corrected chi connectivity index (χ2v) is 5.99. The van der Waals surface area contributed by atoms with Crippen LogP contribution >= 0.6 is 0 Å². The Morgan fingerprint density at radius 2 is 1.69 bits per heavy atom. The fraction of sp³-hybridized carbons (Fsp3) is 0.500. The van der Waals surface area contributed by atoms with Crippen LogP contribution in [0, 0.1) is 5.92 Å². The summed E-state index contributed by atoms with van der Waals surface area (Å²) in [6, 6.07) is 3.60. The van der Waals surface area contributed by atoms with E-state index < -0.39 is 24.0 Å². The van der Waals surface area contributed by atoms with Crippen LogP contribution in [0.2, 0.25) is 0 Å². The minimum Gasteiger partial charge on any atom is -0.493 e. The molecule has 0 radical (unpaired) electrons. The number of nitrogens with one attached hydrogen (secondary N) is 1. The lowest BCUT2D eigenvalue weighted by Crippen LogP contribution is -2.49. The van der Waals surface area contributed by atoms with E-state index in [1.807, 2.05) is 0 Å². The van der Waals surface area contributed by atoms with Crippen molar-refractivity contribution >= 4 is 17.7 Å². The molecular formula is C18H25NO7. The van der Waals surface area contributed by atoms with Crippen LogP contribution in [0.3, 0.4) is 0 Å². The Hall–Kier alpha value is -2.61. The van der Waals surface area contributed by atoms with Gasteiger partial charge in [-0.25, -0.2) is 4.79 Å². The van der Waals surface area contributed by atoms with Gasteiger partial charge < -0.3 is 24.6 Å². The van der Waals surface area contributed by atoms with E-state index in [0.717, 1.165) is 0 Å². The molecule has 0 saturated heterocycles. The molecule has 1 aromatic rings. The number of ketones is 1. The lowest BCUT2D eigenvalue weighted by molar-refractivity contribution is -0.145. The maximum atomic E-state index is 12.5. The second-order valence-electron chi connectivity index (χ2n) is 5.99. The van der Waals surface area contributed by atoms with Crippen molar-refractivity contribution in [2.45, 2.75) is 32.4 Å². The summed E-state index contributed by atoms with van der Waals surface area (Å²) in [7, 11) is 4.23. The van der Waals surface area contributed by atoms with Crippen molar-refractivity contribution in [3.05, 3.63) is 23.8 Å². The summed E-state index contributed by atoms with van der Waals surface area (Å²) in [5.41, 5.74) is 0.330. The van der Waals surface area contributed by atoms with Gasteiger partial charge in [-0.3, -0.25) is 9.59 Å². The van der Waals surface area contributed by atoms with Crippen LogP contribution in [-0.2, 0) is 14.3 Å². The number of carboxylic acid groups (broad SMARTS) is 1. The molecule has 2 N–H and O–H groups in total. The molecule has 2 atom stereocenters. The van der Waals surface area contributed by atoms with Gasteiger partial charge in [0.05, 0.1) is 14.2 Å². The van der Waals surface area contributed by atoms with Gasteiger partial charge in [0, 0.05) is 19.1 Å². The SMILES string of the molecule is COc1ccc(C(=O)CC(OC)C(=O)NC(C(=O)O)C(C)C)cc1OC. The van der Waals surface area contributed by atoms with Crippen molar-refractivity contribution in [1.82, 2.24) is 5.32 Å². The van der Waals surface area contributed by atoms with Crippen molar-refractivity contribution in [2.75, 3.05) is 21.3 Å². The first-order chi connectivity index (χ1) is 12.2. The lowest BCUT2D eigenvalue weighted by Gasteiger charge is -2.21. The molecule has 0 aliphatic carbocycles. The molecule has 0 aliphatic rings. The summed E-state index contributed by atoms with van der Waals surface area (Å²) < 4.78 is 15.4. The lowest BCUT2D eigenvalue weighted by atomic mass is 10.0. The minimum absolute atomic E-state index is 0.234. The summed E-state index contributed by atoms with van der Waals surface area (Å²) in [6.45, 7) is 3.35. The topological polar surface area (TPSA) is 111 Å². The van der Waals surface area contributed by atoms with Crippen LogP contribution < -0.4 is 14.8 Å². The van der Waals surface area contributed by atoms with Crippen LogP contribution in [0.15, 0.2) is 18.2 Å². The highest BCUT2D eigenvalue weighted by Gasteiger charge is 2.29. The van der Waals surface area contributed by atoms with Gasteiger partial charge in [0.1, 0.15) is 12.1 Å². The average molecular weight is 367 g/mol. The Balaban J connectivity index is 2.88. The first-order valence-corrected chi connectivity index (χ1v) is 8.06. The number of hydrogen-bond acceptors (Lipinski definition) is 6. The molecule has 8 heteroatoms. The van der Waals surface area contributed by atoms with Crippen molar-refractivity contribution < 1.29 is 33.7 Å². The highest BCUT2D eigenvalue weighted by molar-refractivity contribution is 6.00. The van der Waals surface area contributed by atoms with E-state index in [1.165, 1.54) is 27.4 Å². The second kappa shape index (κ2) is 9.76. The molecule has 0 spiro atoms. The molecule has 26 heavy (non-hydrogen) atoms.